The Morgan fingerprint density at radius 1 is 1.13 bits per heavy atom. The van der Waals surface area contributed by atoms with E-state index in [9.17, 15) is 13.2 Å². The average molecular weight is 213 g/mol. The Kier molecular flexibility index (Phi) is 2.32. The van der Waals surface area contributed by atoms with Crippen molar-refractivity contribution < 1.29 is 13.2 Å². The Morgan fingerprint density at radius 3 is 2.60 bits per heavy atom. The molecule has 0 atom stereocenters. The Bertz CT molecular complexity index is 468. The van der Waals surface area contributed by atoms with Crippen molar-refractivity contribution in [2.45, 2.75) is 0 Å². The van der Waals surface area contributed by atoms with Crippen LogP contribution >= 0.6 is 0 Å². The van der Waals surface area contributed by atoms with Crippen LogP contribution in [0.5, 0.6) is 0 Å². The molecule has 1 aromatic carbocycles. The van der Waals surface area contributed by atoms with E-state index >= 15 is 0 Å². The Balaban J connectivity index is 2.34. The summed E-state index contributed by atoms with van der Waals surface area (Å²) >= 11 is 0. The molecule has 0 spiro atoms. The predicted octanol–water partition coefficient (Wildman–Crippen LogP) is 2.57. The van der Waals surface area contributed by atoms with Crippen LogP contribution in [0.2, 0.25) is 0 Å². The third-order valence-electron chi connectivity index (χ3n) is 1.79. The highest BCUT2D eigenvalue weighted by Crippen LogP contribution is 2.21. The fraction of sp³-hybridized carbons (Fsp3) is 0. The number of rotatable bonds is 2. The molecule has 0 saturated carbocycles. The van der Waals surface area contributed by atoms with E-state index in [1.807, 2.05) is 0 Å². The van der Waals surface area contributed by atoms with Gasteiger partial charge in [0.05, 0.1) is 5.69 Å². The average Bonchev–Trinajstić information content (AvgIpc) is 2.72. The van der Waals surface area contributed by atoms with Gasteiger partial charge in [-0.25, -0.2) is 18.2 Å². The van der Waals surface area contributed by atoms with E-state index in [1.165, 1.54) is 12.4 Å². The molecular formula is C9H6F3N3. The topological polar surface area (TPSA) is 40.7 Å². The zero-order valence-corrected chi connectivity index (χ0v) is 7.39. The monoisotopic (exact) mass is 213 g/mol. The standard InChI is InChI=1S/C9H6F3N3/c10-5-1-2-6(8(12)7(5)11)15-9-13-3-4-14-9/h1-4H,(H2,13,14,15). The second-order valence-electron chi connectivity index (χ2n) is 2.79. The maximum Gasteiger partial charge on any atom is 0.204 e. The maximum absolute atomic E-state index is 13.1. The van der Waals surface area contributed by atoms with Gasteiger partial charge in [-0.2, -0.15) is 0 Å². The Morgan fingerprint density at radius 2 is 1.93 bits per heavy atom. The summed E-state index contributed by atoms with van der Waals surface area (Å²) in [5.74, 6) is -3.75. The molecule has 0 radical (unpaired) electrons. The first-order valence-electron chi connectivity index (χ1n) is 4.08. The van der Waals surface area contributed by atoms with Crippen LogP contribution in [-0.4, -0.2) is 9.97 Å². The van der Waals surface area contributed by atoms with E-state index in [1.54, 1.807) is 0 Å². The minimum atomic E-state index is -1.51. The molecule has 3 nitrogen and oxygen atoms in total. The summed E-state index contributed by atoms with van der Waals surface area (Å²) in [6, 6.07) is 1.93. The lowest BCUT2D eigenvalue weighted by Crippen LogP contribution is -1.99. The highest BCUT2D eigenvalue weighted by atomic mass is 19.2. The number of benzene rings is 1. The van der Waals surface area contributed by atoms with Crippen LogP contribution in [0.15, 0.2) is 24.5 Å². The quantitative estimate of drug-likeness (QED) is 0.752. The Hall–Kier alpha value is -1.98. The largest absolute Gasteiger partial charge is 0.331 e. The van der Waals surface area contributed by atoms with Gasteiger partial charge < -0.3 is 10.3 Å². The van der Waals surface area contributed by atoms with Crippen molar-refractivity contribution in [2.24, 2.45) is 0 Å². The number of imidazole rings is 1. The van der Waals surface area contributed by atoms with E-state index in [-0.39, 0.29) is 11.6 Å². The molecular weight excluding hydrogens is 207 g/mol. The van der Waals surface area contributed by atoms with Crippen molar-refractivity contribution in [3.05, 3.63) is 42.0 Å². The van der Waals surface area contributed by atoms with Crippen molar-refractivity contribution in [1.29, 1.82) is 0 Å². The van der Waals surface area contributed by atoms with Gasteiger partial charge in [0.1, 0.15) is 0 Å². The van der Waals surface area contributed by atoms with Crippen LogP contribution in [0.4, 0.5) is 24.8 Å². The number of hydrogen-bond acceptors (Lipinski definition) is 2. The molecule has 1 aromatic heterocycles. The van der Waals surface area contributed by atoms with Crippen molar-refractivity contribution in [2.75, 3.05) is 5.32 Å². The fourth-order valence-corrected chi connectivity index (χ4v) is 1.08. The summed E-state index contributed by atoms with van der Waals surface area (Å²) in [6.45, 7) is 0. The number of aromatic amines is 1. The van der Waals surface area contributed by atoms with E-state index in [0.717, 1.165) is 12.1 Å². The third-order valence-corrected chi connectivity index (χ3v) is 1.79. The van der Waals surface area contributed by atoms with Gasteiger partial charge in [0.2, 0.25) is 5.95 Å². The molecule has 0 aliphatic carbocycles. The highest BCUT2D eigenvalue weighted by Gasteiger charge is 2.13. The number of anilines is 2. The SMILES string of the molecule is Fc1ccc(Nc2ncc[nH]2)c(F)c1F. The van der Waals surface area contributed by atoms with E-state index in [0.29, 0.717) is 0 Å². The van der Waals surface area contributed by atoms with Crippen LogP contribution in [0, 0.1) is 17.5 Å². The number of halogens is 3. The predicted molar refractivity (Wildman–Crippen MR) is 48.2 cm³/mol. The molecule has 2 rings (SSSR count). The van der Waals surface area contributed by atoms with E-state index in [2.05, 4.69) is 15.3 Å². The second kappa shape index (κ2) is 3.64. The molecule has 2 aromatic rings. The van der Waals surface area contributed by atoms with Crippen molar-refractivity contribution >= 4 is 11.6 Å². The summed E-state index contributed by atoms with van der Waals surface area (Å²) in [6.07, 6.45) is 2.96. The fourth-order valence-electron chi connectivity index (χ4n) is 1.08. The molecule has 15 heavy (non-hydrogen) atoms. The van der Waals surface area contributed by atoms with E-state index in [4.69, 9.17) is 0 Å². The minimum Gasteiger partial charge on any atom is -0.331 e. The smallest absolute Gasteiger partial charge is 0.204 e. The lowest BCUT2D eigenvalue weighted by Gasteiger charge is -2.04. The second-order valence-corrected chi connectivity index (χ2v) is 2.79. The molecule has 0 unspecified atom stereocenters. The lowest BCUT2D eigenvalue weighted by atomic mass is 10.3. The van der Waals surface area contributed by atoms with Gasteiger partial charge in [-0.1, -0.05) is 0 Å². The van der Waals surface area contributed by atoms with Gasteiger partial charge in [0.15, 0.2) is 17.5 Å². The lowest BCUT2D eigenvalue weighted by molar-refractivity contribution is 0.449. The highest BCUT2D eigenvalue weighted by molar-refractivity contribution is 5.54. The minimum absolute atomic E-state index is 0.177. The molecule has 0 aliphatic rings. The first-order chi connectivity index (χ1) is 7.18. The molecule has 6 heteroatoms. The summed E-state index contributed by atoms with van der Waals surface area (Å²) in [5, 5.41) is 2.47. The number of H-pyrrole nitrogens is 1. The number of aromatic nitrogens is 2. The molecule has 0 saturated heterocycles. The summed E-state index contributed by atoms with van der Waals surface area (Å²) in [7, 11) is 0. The maximum atomic E-state index is 13.1. The van der Waals surface area contributed by atoms with Gasteiger partial charge in [0, 0.05) is 12.4 Å². The van der Waals surface area contributed by atoms with Crippen LogP contribution in [0.3, 0.4) is 0 Å². The normalized spacial score (nSPS) is 10.3. The Labute approximate surface area is 83.0 Å². The van der Waals surface area contributed by atoms with E-state index < -0.39 is 17.5 Å². The molecule has 2 N–H and O–H groups in total. The van der Waals surface area contributed by atoms with Crippen LogP contribution < -0.4 is 5.32 Å². The van der Waals surface area contributed by atoms with Gasteiger partial charge in [-0.15, -0.1) is 0 Å². The van der Waals surface area contributed by atoms with Crippen molar-refractivity contribution in [3.63, 3.8) is 0 Å². The number of nitrogens with zero attached hydrogens (tertiary/aromatic N) is 1. The molecule has 78 valence electrons. The van der Waals surface area contributed by atoms with Crippen molar-refractivity contribution in [1.82, 2.24) is 9.97 Å². The first kappa shape index (κ1) is 9.57. The molecule has 0 amide bonds. The molecule has 1 heterocycles. The van der Waals surface area contributed by atoms with Gasteiger partial charge in [-0.3, -0.25) is 0 Å². The third kappa shape index (κ3) is 1.78. The zero-order valence-electron chi connectivity index (χ0n) is 7.39. The zero-order chi connectivity index (χ0) is 10.8. The van der Waals surface area contributed by atoms with Crippen molar-refractivity contribution in [3.8, 4) is 0 Å². The van der Waals surface area contributed by atoms with Gasteiger partial charge in [0.25, 0.3) is 0 Å². The van der Waals surface area contributed by atoms with Crippen LogP contribution in [-0.2, 0) is 0 Å². The van der Waals surface area contributed by atoms with Gasteiger partial charge in [-0.05, 0) is 12.1 Å². The number of nitrogens with one attached hydrogen (secondary N) is 2. The summed E-state index contributed by atoms with van der Waals surface area (Å²) < 4.78 is 38.5. The number of hydrogen-bond donors (Lipinski definition) is 2. The summed E-state index contributed by atoms with van der Waals surface area (Å²) in [4.78, 5) is 6.40. The van der Waals surface area contributed by atoms with Crippen LogP contribution in [0.25, 0.3) is 0 Å². The summed E-state index contributed by atoms with van der Waals surface area (Å²) in [5.41, 5.74) is -0.177. The first-order valence-corrected chi connectivity index (χ1v) is 4.08. The molecule has 0 aliphatic heterocycles. The molecule has 0 bridgehead atoms. The molecule has 0 fully saturated rings. The van der Waals surface area contributed by atoms with Crippen LogP contribution in [0.1, 0.15) is 0 Å². The van der Waals surface area contributed by atoms with Gasteiger partial charge >= 0.3 is 0 Å².